The van der Waals surface area contributed by atoms with E-state index in [2.05, 4.69) is 5.32 Å². The van der Waals surface area contributed by atoms with Crippen LogP contribution in [0, 0.1) is 0 Å². The maximum absolute atomic E-state index is 12.5. The van der Waals surface area contributed by atoms with Gasteiger partial charge in [0.05, 0.1) is 7.11 Å². The molecule has 138 valence electrons. The molecule has 7 heteroatoms. The Bertz CT molecular complexity index is 1030. The molecule has 0 aliphatic heterocycles. The van der Waals surface area contributed by atoms with Crippen LogP contribution in [0.1, 0.15) is 10.4 Å². The number of methoxy groups -OCH3 is 1. The van der Waals surface area contributed by atoms with Gasteiger partial charge in [-0.3, -0.25) is 4.79 Å². The van der Waals surface area contributed by atoms with Crippen molar-refractivity contribution in [3.05, 3.63) is 84.4 Å². The van der Waals surface area contributed by atoms with E-state index in [9.17, 15) is 13.2 Å². The van der Waals surface area contributed by atoms with Crippen LogP contribution in [0.3, 0.4) is 0 Å². The molecular formula is C20H17NO5S. The minimum absolute atomic E-state index is 0.112. The molecule has 0 atom stereocenters. The Balaban J connectivity index is 1.79. The summed E-state index contributed by atoms with van der Waals surface area (Å²) in [6.07, 6.45) is 0. The fraction of sp³-hybridized carbons (Fsp3) is 0.0500. The molecule has 0 aliphatic rings. The Morgan fingerprint density at radius 3 is 2.19 bits per heavy atom. The lowest BCUT2D eigenvalue weighted by molar-refractivity contribution is 0.102. The van der Waals surface area contributed by atoms with Crippen molar-refractivity contribution in [2.45, 2.75) is 4.90 Å². The highest BCUT2D eigenvalue weighted by Crippen LogP contribution is 2.22. The van der Waals surface area contributed by atoms with Crippen molar-refractivity contribution < 1.29 is 22.1 Å². The Labute approximate surface area is 157 Å². The Hall–Kier alpha value is -3.32. The number of nitrogens with one attached hydrogen (secondary N) is 1. The molecule has 3 rings (SSSR count). The van der Waals surface area contributed by atoms with Crippen LogP contribution in [0.2, 0.25) is 0 Å². The lowest BCUT2D eigenvalue weighted by Gasteiger charge is -2.09. The number of ether oxygens (including phenoxy) is 1. The van der Waals surface area contributed by atoms with Gasteiger partial charge in [-0.2, -0.15) is 8.42 Å². The summed E-state index contributed by atoms with van der Waals surface area (Å²) in [5.41, 5.74) is 0.823. The van der Waals surface area contributed by atoms with Crippen molar-refractivity contribution in [1.82, 2.24) is 0 Å². The van der Waals surface area contributed by atoms with E-state index in [4.69, 9.17) is 8.92 Å². The first kappa shape index (κ1) is 18.5. The number of carbonyl (C=O) groups excluding carboxylic acids is 1. The summed E-state index contributed by atoms with van der Waals surface area (Å²) in [4.78, 5) is 12.2. The summed E-state index contributed by atoms with van der Waals surface area (Å²) in [7, 11) is -2.57. The second-order valence-electron chi connectivity index (χ2n) is 5.56. The van der Waals surface area contributed by atoms with Crippen molar-refractivity contribution in [3.63, 3.8) is 0 Å². The van der Waals surface area contributed by atoms with Gasteiger partial charge in [-0.1, -0.05) is 24.3 Å². The lowest BCUT2D eigenvalue weighted by atomic mass is 10.2. The molecule has 3 aromatic rings. The van der Waals surface area contributed by atoms with E-state index in [1.54, 1.807) is 36.4 Å². The fourth-order valence-electron chi connectivity index (χ4n) is 2.32. The molecule has 0 aromatic heterocycles. The molecule has 1 amide bonds. The zero-order chi connectivity index (χ0) is 19.3. The first-order valence-corrected chi connectivity index (χ1v) is 9.44. The Kier molecular flexibility index (Phi) is 5.42. The molecule has 3 aromatic carbocycles. The zero-order valence-electron chi connectivity index (χ0n) is 14.5. The van der Waals surface area contributed by atoms with E-state index in [-0.39, 0.29) is 16.2 Å². The molecule has 6 nitrogen and oxygen atoms in total. The first-order valence-electron chi connectivity index (χ1n) is 8.03. The number of rotatable bonds is 6. The summed E-state index contributed by atoms with van der Waals surface area (Å²) in [5, 5.41) is 2.71. The molecular weight excluding hydrogens is 366 g/mol. The molecule has 0 spiro atoms. The number of para-hydroxylation sites is 1. The maximum atomic E-state index is 12.5. The third-order valence-corrected chi connectivity index (χ3v) is 4.93. The molecule has 0 fully saturated rings. The van der Waals surface area contributed by atoms with Gasteiger partial charge in [-0.15, -0.1) is 0 Å². The van der Waals surface area contributed by atoms with Crippen LogP contribution < -0.4 is 14.2 Å². The molecule has 0 saturated carbocycles. The first-order chi connectivity index (χ1) is 13.0. The topological polar surface area (TPSA) is 81.7 Å². The van der Waals surface area contributed by atoms with Gasteiger partial charge in [-0.25, -0.2) is 0 Å². The third-order valence-electron chi connectivity index (χ3n) is 3.68. The number of anilines is 1. The number of hydrogen-bond acceptors (Lipinski definition) is 5. The molecule has 0 unspecified atom stereocenters. The fourth-order valence-corrected chi connectivity index (χ4v) is 3.30. The van der Waals surface area contributed by atoms with E-state index in [0.717, 1.165) is 0 Å². The minimum Gasteiger partial charge on any atom is -0.497 e. The normalized spacial score (nSPS) is 10.9. The second-order valence-corrected chi connectivity index (χ2v) is 7.11. The predicted octanol–water partition coefficient (Wildman–Crippen LogP) is 3.72. The quantitative estimate of drug-likeness (QED) is 0.656. The minimum atomic E-state index is -4.08. The third kappa shape index (κ3) is 4.65. The average Bonchev–Trinajstić information content (AvgIpc) is 2.69. The molecule has 0 saturated heterocycles. The van der Waals surface area contributed by atoms with Crippen molar-refractivity contribution >= 4 is 21.7 Å². The zero-order valence-corrected chi connectivity index (χ0v) is 15.3. The summed E-state index contributed by atoms with van der Waals surface area (Å²) in [6.45, 7) is 0. The Morgan fingerprint density at radius 1 is 0.852 bits per heavy atom. The van der Waals surface area contributed by atoms with Crippen LogP contribution in [0.15, 0.2) is 83.8 Å². The summed E-state index contributed by atoms with van der Waals surface area (Å²) in [6, 6.07) is 20.7. The van der Waals surface area contributed by atoms with Crippen molar-refractivity contribution in [3.8, 4) is 11.5 Å². The average molecular weight is 383 g/mol. The monoisotopic (exact) mass is 383 g/mol. The van der Waals surface area contributed by atoms with E-state index in [0.29, 0.717) is 11.4 Å². The van der Waals surface area contributed by atoms with Gasteiger partial charge in [0.1, 0.15) is 16.4 Å². The molecule has 0 aliphatic carbocycles. The van der Waals surface area contributed by atoms with Crippen molar-refractivity contribution in [2.24, 2.45) is 0 Å². The number of hydrogen-bond donors (Lipinski definition) is 1. The summed E-state index contributed by atoms with van der Waals surface area (Å²) in [5.74, 6) is 0.317. The van der Waals surface area contributed by atoms with Crippen molar-refractivity contribution in [1.29, 1.82) is 0 Å². The van der Waals surface area contributed by atoms with Crippen LogP contribution in [-0.2, 0) is 10.1 Å². The SMILES string of the molecule is COc1ccc(OS(=O)(=O)c2cccc(C(=O)Nc3ccccc3)c2)cc1. The van der Waals surface area contributed by atoms with Gasteiger partial charge in [0, 0.05) is 11.3 Å². The van der Waals surface area contributed by atoms with Gasteiger partial charge in [0.15, 0.2) is 0 Å². The summed E-state index contributed by atoms with van der Waals surface area (Å²) >= 11 is 0. The van der Waals surface area contributed by atoms with E-state index >= 15 is 0 Å². The van der Waals surface area contributed by atoms with Crippen LogP contribution in [0.25, 0.3) is 0 Å². The Morgan fingerprint density at radius 2 is 1.52 bits per heavy atom. The van der Waals surface area contributed by atoms with Crippen LogP contribution in [-0.4, -0.2) is 21.4 Å². The van der Waals surface area contributed by atoms with Crippen molar-refractivity contribution in [2.75, 3.05) is 12.4 Å². The van der Waals surface area contributed by atoms with Crippen LogP contribution in [0.5, 0.6) is 11.5 Å². The maximum Gasteiger partial charge on any atom is 0.339 e. The summed E-state index contributed by atoms with van der Waals surface area (Å²) < 4.78 is 35.2. The standard InChI is InChI=1S/C20H17NO5S/c1-25-17-10-12-18(13-11-17)26-27(23,24)19-9-5-6-15(14-19)20(22)21-16-7-3-2-4-8-16/h2-14H,1H3,(H,21,22). The number of amides is 1. The largest absolute Gasteiger partial charge is 0.497 e. The second kappa shape index (κ2) is 7.92. The smallest absolute Gasteiger partial charge is 0.339 e. The van der Waals surface area contributed by atoms with Gasteiger partial charge < -0.3 is 14.2 Å². The molecule has 0 radical (unpaired) electrons. The highest BCUT2D eigenvalue weighted by atomic mass is 32.2. The van der Waals surface area contributed by atoms with Gasteiger partial charge in [0.25, 0.3) is 5.91 Å². The molecule has 1 N–H and O–H groups in total. The highest BCUT2D eigenvalue weighted by Gasteiger charge is 2.19. The van der Waals surface area contributed by atoms with E-state index in [1.165, 1.54) is 43.5 Å². The lowest BCUT2D eigenvalue weighted by Crippen LogP contribution is -2.14. The number of carbonyl (C=O) groups is 1. The van der Waals surface area contributed by atoms with E-state index in [1.807, 2.05) is 6.07 Å². The molecule has 0 bridgehead atoms. The molecule has 0 heterocycles. The van der Waals surface area contributed by atoms with Crippen LogP contribution >= 0.6 is 0 Å². The van der Waals surface area contributed by atoms with E-state index < -0.39 is 16.0 Å². The number of benzene rings is 3. The van der Waals surface area contributed by atoms with Gasteiger partial charge >= 0.3 is 10.1 Å². The van der Waals surface area contributed by atoms with Gasteiger partial charge in [0.2, 0.25) is 0 Å². The van der Waals surface area contributed by atoms with Crippen LogP contribution in [0.4, 0.5) is 5.69 Å². The molecule has 27 heavy (non-hydrogen) atoms. The highest BCUT2D eigenvalue weighted by molar-refractivity contribution is 7.87. The van der Waals surface area contributed by atoms with Gasteiger partial charge in [-0.05, 0) is 54.6 Å². The predicted molar refractivity (Wildman–Crippen MR) is 102 cm³/mol.